The summed E-state index contributed by atoms with van der Waals surface area (Å²) in [5.74, 6) is 0. The van der Waals surface area contributed by atoms with Crippen molar-refractivity contribution in [1.82, 2.24) is 20.6 Å². The van der Waals surface area contributed by atoms with Crippen LogP contribution in [0.25, 0.3) is 0 Å². The maximum absolute atomic E-state index is 11.6. The molecule has 0 saturated heterocycles. The largest absolute Gasteiger partial charge is 0.338 e. The van der Waals surface area contributed by atoms with Gasteiger partial charge in [0.2, 0.25) is 0 Å². The van der Waals surface area contributed by atoms with E-state index < -0.39 is 0 Å². The average molecular weight is 310 g/mol. The number of nitrogens with zero attached hydrogens (tertiary/aromatic N) is 2. The quantitative estimate of drug-likeness (QED) is 0.892. The second-order valence-electron chi connectivity index (χ2n) is 4.48. The van der Waals surface area contributed by atoms with Crippen molar-refractivity contribution in [1.29, 1.82) is 0 Å². The van der Waals surface area contributed by atoms with Crippen molar-refractivity contribution in [2.75, 3.05) is 6.54 Å². The minimum absolute atomic E-state index is 0.156. The standard InChI is InChI=1S/C13H18N4OS2/c1-8-7-19-12(16-8)6-15-13(18)14-5-4-11-9(2)17-10(3)20-11/h7H,4-6H2,1-3H3,(H2,14,15,18). The summed E-state index contributed by atoms with van der Waals surface area (Å²) in [5, 5.41) is 9.62. The van der Waals surface area contributed by atoms with Crippen LogP contribution in [-0.2, 0) is 13.0 Å². The molecule has 0 unspecified atom stereocenters. The van der Waals surface area contributed by atoms with Crippen LogP contribution < -0.4 is 10.6 Å². The molecule has 0 spiro atoms. The maximum Gasteiger partial charge on any atom is 0.315 e. The molecule has 2 N–H and O–H groups in total. The summed E-state index contributed by atoms with van der Waals surface area (Å²) in [5.41, 5.74) is 2.05. The summed E-state index contributed by atoms with van der Waals surface area (Å²) < 4.78 is 0. The van der Waals surface area contributed by atoms with E-state index in [1.54, 1.807) is 22.7 Å². The zero-order valence-electron chi connectivity index (χ0n) is 11.8. The second kappa shape index (κ2) is 6.81. The Bertz CT molecular complexity index is 591. The Kier molecular flexibility index (Phi) is 5.08. The Balaban J connectivity index is 1.69. The lowest BCUT2D eigenvalue weighted by Crippen LogP contribution is -2.36. The summed E-state index contributed by atoms with van der Waals surface area (Å²) in [6.45, 7) is 7.04. The molecule has 0 atom stereocenters. The average Bonchev–Trinajstić information content (AvgIpc) is 2.93. The van der Waals surface area contributed by atoms with Gasteiger partial charge in [-0.1, -0.05) is 0 Å². The van der Waals surface area contributed by atoms with Gasteiger partial charge in [0.1, 0.15) is 5.01 Å². The molecule has 2 aromatic rings. The summed E-state index contributed by atoms with van der Waals surface area (Å²) >= 11 is 3.24. The molecule has 108 valence electrons. The van der Waals surface area contributed by atoms with Gasteiger partial charge >= 0.3 is 6.03 Å². The number of nitrogens with one attached hydrogen (secondary N) is 2. The van der Waals surface area contributed by atoms with Crippen molar-refractivity contribution >= 4 is 28.7 Å². The van der Waals surface area contributed by atoms with E-state index in [1.807, 2.05) is 26.2 Å². The van der Waals surface area contributed by atoms with Crippen LogP contribution in [0.15, 0.2) is 5.38 Å². The van der Waals surface area contributed by atoms with Gasteiger partial charge in [-0.3, -0.25) is 0 Å². The number of carbonyl (C=O) groups is 1. The molecule has 0 aliphatic heterocycles. The lowest BCUT2D eigenvalue weighted by Gasteiger charge is -2.05. The van der Waals surface area contributed by atoms with Gasteiger partial charge in [-0.25, -0.2) is 14.8 Å². The number of aryl methyl sites for hydroxylation is 3. The predicted molar refractivity (Wildman–Crippen MR) is 82.4 cm³/mol. The molecular weight excluding hydrogens is 292 g/mol. The number of carbonyl (C=O) groups excluding carboxylic acids is 1. The Hall–Kier alpha value is -1.47. The molecule has 5 nitrogen and oxygen atoms in total. The number of hydrogen-bond acceptors (Lipinski definition) is 5. The van der Waals surface area contributed by atoms with Gasteiger partial charge in [0, 0.05) is 28.9 Å². The molecule has 2 rings (SSSR count). The smallest absolute Gasteiger partial charge is 0.315 e. The SMILES string of the molecule is Cc1csc(CNC(=O)NCCc2sc(C)nc2C)n1. The molecule has 2 aromatic heterocycles. The van der Waals surface area contributed by atoms with Crippen LogP contribution in [0.2, 0.25) is 0 Å². The summed E-state index contributed by atoms with van der Waals surface area (Å²) in [4.78, 5) is 21.5. The Labute approximate surface area is 126 Å². The second-order valence-corrected chi connectivity index (χ2v) is 6.71. The van der Waals surface area contributed by atoms with Gasteiger partial charge in [0.05, 0.1) is 17.2 Å². The molecule has 2 amide bonds. The van der Waals surface area contributed by atoms with Crippen LogP contribution in [-0.4, -0.2) is 22.5 Å². The van der Waals surface area contributed by atoms with E-state index in [-0.39, 0.29) is 6.03 Å². The van der Waals surface area contributed by atoms with Gasteiger partial charge in [-0.15, -0.1) is 22.7 Å². The molecule has 0 bridgehead atoms. The van der Waals surface area contributed by atoms with Gasteiger partial charge in [0.15, 0.2) is 0 Å². The molecular formula is C13H18N4OS2. The number of thiazole rings is 2. The van der Waals surface area contributed by atoms with E-state index in [1.165, 1.54) is 4.88 Å². The third-order valence-corrected chi connectivity index (χ3v) is 4.80. The van der Waals surface area contributed by atoms with E-state index in [0.717, 1.165) is 27.8 Å². The van der Waals surface area contributed by atoms with Crippen LogP contribution in [0.4, 0.5) is 4.79 Å². The van der Waals surface area contributed by atoms with E-state index in [2.05, 4.69) is 20.6 Å². The van der Waals surface area contributed by atoms with Crippen molar-refractivity contribution in [3.05, 3.63) is 31.7 Å². The fourth-order valence-corrected chi connectivity index (χ4v) is 3.45. The van der Waals surface area contributed by atoms with Crippen LogP contribution in [0.5, 0.6) is 0 Å². The zero-order chi connectivity index (χ0) is 14.5. The number of hydrogen-bond donors (Lipinski definition) is 2. The van der Waals surface area contributed by atoms with Gasteiger partial charge in [-0.05, 0) is 20.8 Å². The normalized spacial score (nSPS) is 10.6. The van der Waals surface area contributed by atoms with Crippen molar-refractivity contribution in [3.8, 4) is 0 Å². The number of urea groups is 1. The highest BCUT2D eigenvalue weighted by atomic mass is 32.1. The van der Waals surface area contributed by atoms with E-state index in [0.29, 0.717) is 13.1 Å². The lowest BCUT2D eigenvalue weighted by atomic mass is 10.3. The highest BCUT2D eigenvalue weighted by molar-refractivity contribution is 7.11. The third kappa shape index (κ3) is 4.28. The Morgan fingerprint density at radius 3 is 2.65 bits per heavy atom. The van der Waals surface area contributed by atoms with Gasteiger partial charge in [0.25, 0.3) is 0 Å². The fourth-order valence-electron chi connectivity index (χ4n) is 1.80. The van der Waals surface area contributed by atoms with Crippen molar-refractivity contribution in [2.24, 2.45) is 0 Å². The number of amides is 2. The zero-order valence-corrected chi connectivity index (χ0v) is 13.5. The monoisotopic (exact) mass is 310 g/mol. The summed E-state index contributed by atoms with van der Waals surface area (Å²) in [6, 6.07) is -0.156. The minimum Gasteiger partial charge on any atom is -0.338 e. The fraction of sp³-hybridized carbons (Fsp3) is 0.462. The molecule has 0 fully saturated rings. The molecule has 20 heavy (non-hydrogen) atoms. The molecule has 2 heterocycles. The van der Waals surface area contributed by atoms with E-state index in [4.69, 9.17) is 0 Å². The number of rotatable bonds is 5. The number of aromatic nitrogens is 2. The highest BCUT2D eigenvalue weighted by Gasteiger charge is 2.06. The first-order chi connectivity index (χ1) is 9.54. The minimum atomic E-state index is -0.156. The van der Waals surface area contributed by atoms with Gasteiger partial charge in [-0.2, -0.15) is 0 Å². The first-order valence-corrected chi connectivity index (χ1v) is 8.10. The van der Waals surface area contributed by atoms with Crippen LogP contribution in [0, 0.1) is 20.8 Å². The van der Waals surface area contributed by atoms with E-state index >= 15 is 0 Å². The summed E-state index contributed by atoms with van der Waals surface area (Å²) in [7, 11) is 0. The van der Waals surface area contributed by atoms with Crippen LogP contribution >= 0.6 is 22.7 Å². The molecule has 0 aliphatic rings. The van der Waals surface area contributed by atoms with Crippen molar-refractivity contribution < 1.29 is 4.79 Å². The van der Waals surface area contributed by atoms with Gasteiger partial charge < -0.3 is 10.6 Å². The van der Waals surface area contributed by atoms with Crippen molar-refractivity contribution in [3.63, 3.8) is 0 Å². The lowest BCUT2D eigenvalue weighted by molar-refractivity contribution is 0.240. The molecule has 0 aliphatic carbocycles. The molecule has 0 saturated carbocycles. The predicted octanol–water partition coefficient (Wildman–Crippen LogP) is 2.57. The van der Waals surface area contributed by atoms with E-state index in [9.17, 15) is 4.79 Å². The topological polar surface area (TPSA) is 66.9 Å². The maximum atomic E-state index is 11.6. The Morgan fingerprint density at radius 1 is 1.25 bits per heavy atom. The molecule has 0 aromatic carbocycles. The highest BCUT2D eigenvalue weighted by Crippen LogP contribution is 2.17. The third-order valence-electron chi connectivity index (χ3n) is 2.70. The Morgan fingerprint density at radius 2 is 2.05 bits per heavy atom. The van der Waals surface area contributed by atoms with Crippen molar-refractivity contribution in [2.45, 2.75) is 33.7 Å². The van der Waals surface area contributed by atoms with Crippen LogP contribution in [0.3, 0.4) is 0 Å². The van der Waals surface area contributed by atoms with Crippen LogP contribution in [0.1, 0.15) is 26.3 Å². The molecule has 7 heteroatoms. The first-order valence-electron chi connectivity index (χ1n) is 6.40. The molecule has 0 radical (unpaired) electrons. The first kappa shape index (κ1) is 14.9. The summed E-state index contributed by atoms with van der Waals surface area (Å²) in [6.07, 6.45) is 0.821.